The van der Waals surface area contributed by atoms with Gasteiger partial charge in [0.15, 0.2) is 0 Å². The van der Waals surface area contributed by atoms with Gasteiger partial charge in [-0.25, -0.2) is 17.5 Å². The van der Waals surface area contributed by atoms with E-state index in [1.165, 1.54) is 12.1 Å². The average Bonchev–Trinajstić information content (AvgIpc) is 3.87. The Kier molecular flexibility index (Phi) is 11.3. The van der Waals surface area contributed by atoms with E-state index in [0.717, 1.165) is 37.1 Å². The van der Waals surface area contributed by atoms with Gasteiger partial charge in [-0.1, -0.05) is 54.6 Å². The zero-order valence-electron chi connectivity index (χ0n) is 25.4. The summed E-state index contributed by atoms with van der Waals surface area (Å²) in [6.07, 6.45) is 2.50. The van der Waals surface area contributed by atoms with E-state index in [0.29, 0.717) is 44.7 Å². The Labute approximate surface area is 264 Å². The van der Waals surface area contributed by atoms with Gasteiger partial charge in [0.25, 0.3) is 0 Å². The van der Waals surface area contributed by atoms with Gasteiger partial charge in [0, 0.05) is 51.6 Å². The number of benzene rings is 3. The van der Waals surface area contributed by atoms with Gasteiger partial charge in [0.1, 0.15) is 11.9 Å². The van der Waals surface area contributed by atoms with Crippen LogP contribution in [0.5, 0.6) is 0 Å². The van der Waals surface area contributed by atoms with E-state index in [4.69, 9.17) is 4.74 Å². The summed E-state index contributed by atoms with van der Waals surface area (Å²) in [4.78, 5) is 31.8. The quantitative estimate of drug-likeness (QED) is 0.265. The standard InChI is InChI=1S/C34H41FN4O5S/c35-29-11-6-28(7-12-29)25-39(33(40)17-10-26-8-15-31(16-9-26)45(42,43)37-30-13-14-30)32(24-27-4-2-1-3-5-27)34(41)36-18-19-38-20-22-44-23-21-38/h1-9,11-12,15-16,30,32,37H,10,13-14,17-25H2,(H,36,41)/t32-/m1/s1. The topological polar surface area (TPSA) is 108 Å². The average molecular weight is 637 g/mol. The lowest BCUT2D eigenvalue weighted by Gasteiger charge is -2.32. The van der Waals surface area contributed by atoms with Crippen molar-refractivity contribution in [3.05, 3.63) is 101 Å². The van der Waals surface area contributed by atoms with Crippen molar-refractivity contribution in [1.82, 2.24) is 19.8 Å². The molecule has 1 aliphatic carbocycles. The van der Waals surface area contributed by atoms with Crippen LogP contribution in [0.2, 0.25) is 0 Å². The molecule has 0 aromatic heterocycles. The van der Waals surface area contributed by atoms with E-state index in [1.807, 2.05) is 30.3 Å². The number of carbonyl (C=O) groups excluding carboxylic acids is 2. The summed E-state index contributed by atoms with van der Waals surface area (Å²) in [6.45, 7) is 4.21. The molecule has 0 bridgehead atoms. The molecular weight excluding hydrogens is 595 g/mol. The third-order valence-electron chi connectivity index (χ3n) is 8.13. The highest BCUT2D eigenvalue weighted by Gasteiger charge is 2.31. The summed E-state index contributed by atoms with van der Waals surface area (Å²) < 4.78 is 46.9. The maximum absolute atomic E-state index is 13.9. The highest BCUT2D eigenvalue weighted by molar-refractivity contribution is 7.89. The first-order chi connectivity index (χ1) is 21.8. The molecule has 9 nitrogen and oxygen atoms in total. The van der Waals surface area contributed by atoms with E-state index >= 15 is 0 Å². The number of amides is 2. The Bertz CT molecular complexity index is 1510. The van der Waals surface area contributed by atoms with Crippen molar-refractivity contribution in [2.75, 3.05) is 39.4 Å². The van der Waals surface area contributed by atoms with Crippen molar-refractivity contribution >= 4 is 21.8 Å². The maximum atomic E-state index is 13.9. The Morgan fingerprint density at radius 2 is 1.58 bits per heavy atom. The molecule has 2 fully saturated rings. The summed E-state index contributed by atoms with van der Waals surface area (Å²) in [7, 11) is -3.57. The summed E-state index contributed by atoms with van der Waals surface area (Å²) in [6, 6.07) is 21.3. The number of aryl methyl sites for hydroxylation is 1. The number of morpholine rings is 1. The number of ether oxygens (including phenoxy) is 1. The molecule has 3 aromatic rings. The second-order valence-electron chi connectivity index (χ2n) is 11.6. The summed E-state index contributed by atoms with van der Waals surface area (Å²) in [5.41, 5.74) is 2.44. The van der Waals surface area contributed by atoms with Crippen molar-refractivity contribution in [2.24, 2.45) is 0 Å². The lowest BCUT2D eigenvalue weighted by atomic mass is 10.0. The first-order valence-electron chi connectivity index (χ1n) is 15.5. The second kappa shape index (κ2) is 15.6. The van der Waals surface area contributed by atoms with Crippen LogP contribution in [0.3, 0.4) is 0 Å². The minimum atomic E-state index is -3.57. The van der Waals surface area contributed by atoms with Crippen LogP contribution in [-0.2, 0) is 43.7 Å². The molecule has 1 aliphatic heterocycles. The van der Waals surface area contributed by atoms with Gasteiger partial charge < -0.3 is 15.0 Å². The van der Waals surface area contributed by atoms with Gasteiger partial charge in [0.05, 0.1) is 18.1 Å². The minimum Gasteiger partial charge on any atom is -0.379 e. The summed E-state index contributed by atoms with van der Waals surface area (Å²) in [5.74, 6) is -0.855. The molecule has 1 heterocycles. The highest BCUT2D eigenvalue weighted by Crippen LogP contribution is 2.23. The first kappa shape index (κ1) is 32.7. The van der Waals surface area contributed by atoms with Crippen LogP contribution in [0.15, 0.2) is 83.8 Å². The predicted octanol–water partition coefficient (Wildman–Crippen LogP) is 3.29. The Hall–Kier alpha value is -3.64. The molecule has 5 rings (SSSR count). The normalized spacial score (nSPS) is 16.2. The van der Waals surface area contributed by atoms with E-state index in [-0.39, 0.29) is 41.5 Å². The van der Waals surface area contributed by atoms with E-state index in [2.05, 4.69) is 14.9 Å². The summed E-state index contributed by atoms with van der Waals surface area (Å²) >= 11 is 0. The monoisotopic (exact) mass is 636 g/mol. The van der Waals surface area contributed by atoms with E-state index in [1.54, 1.807) is 41.3 Å². The number of carbonyl (C=O) groups is 2. The van der Waals surface area contributed by atoms with Crippen LogP contribution in [0, 0.1) is 5.82 Å². The number of halogens is 1. The summed E-state index contributed by atoms with van der Waals surface area (Å²) in [5, 5.41) is 3.05. The largest absolute Gasteiger partial charge is 0.379 e. The number of nitrogens with zero attached hydrogens (tertiary/aromatic N) is 2. The van der Waals surface area contributed by atoms with E-state index in [9.17, 15) is 22.4 Å². The van der Waals surface area contributed by atoms with Crippen LogP contribution in [0.1, 0.15) is 36.0 Å². The zero-order chi connectivity index (χ0) is 31.6. The molecule has 3 aromatic carbocycles. The Morgan fingerprint density at radius 1 is 0.911 bits per heavy atom. The number of nitrogens with one attached hydrogen (secondary N) is 2. The molecule has 45 heavy (non-hydrogen) atoms. The molecule has 11 heteroatoms. The number of hydrogen-bond donors (Lipinski definition) is 2. The molecule has 1 saturated heterocycles. The highest BCUT2D eigenvalue weighted by atomic mass is 32.2. The number of hydrogen-bond acceptors (Lipinski definition) is 6. The third kappa shape index (κ3) is 9.92. The molecule has 2 aliphatic rings. The lowest BCUT2D eigenvalue weighted by molar-refractivity contribution is -0.141. The second-order valence-corrected chi connectivity index (χ2v) is 13.4. The molecule has 240 valence electrons. The molecule has 2 N–H and O–H groups in total. The van der Waals surface area contributed by atoms with Crippen LogP contribution in [0.4, 0.5) is 4.39 Å². The lowest BCUT2D eigenvalue weighted by Crippen LogP contribution is -2.52. The van der Waals surface area contributed by atoms with Gasteiger partial charge in [-0.3, -0.25) is 14.5 Å². The fourth-order valence-corrected chi connectivity index (χ4v) is 6.64. The smallest absolute Gasteiger partial charge is 0.243 e. The molecule has 0 radical (unpaired) electrons. The molecule has 1 saturated carbocycles. The molecular formula is C34H41FN4O5S. The minimum absolute atomic E-state index is 0.0137. The first-order valence-corrected chi connectivity index (χ1v) is 17.0. The van der Waals surface area contributed by atoms with Crippen LogP contribution >= 0.6 is 0 Å². The fourth-order valence-electron chi connectivity index (χ4n) is 5.34. The van der Waals surface area contributed by atoms with Crippen molar-refractivity contribution < 1.29 is 27.1 Å². The number of rotatable bonds is 15. The van der Waals surface area contributed by atoms with Crippen molar-refractivity contribution in [3.8, 4) is 0 Å². The van der Waals surface area contributed by atoms with Crippen LogP contribution in [-0.4, -0.2) is 81.5 Å². The van der Waals surface area contributed by atoms with Crippen molar-refractivity contribution in [2.45, 2.75) is 55.6 Å². The Balaban J connectivity index is 1.32. The van der Waals surface area contributed by atoms with Crippen molar-refractivity contribution in [3.63, 3.8) is 0 Å². The third-order valence-corrected chi connectivity index (χ3v) is 9.67. The number of sulfonamides is 1. The zero-order valence-corrected chi connectivity index (χ0v) is 26.2. The van der Waals surface area contributed by atoms with E-state index < -0.39 is 16.1 Å². The van der Waals surface area contributed by atoms with Gasteiger partial charge in [-0.15, -0.1) is 0 Å². The maximum Gasteiger partial charge on any atom is 0.243 e. The van der Waals surface area contributed by atoms with Gasteiger partial charge in [-0.2, -0.15) is 0 Å². The van der Waals surface area contributed by atoms with Gasteiger partial charge >= 0.3 is 0 Å². The Morgan fingerprint density at radius 3 is 2.24 bits per heavy atom. The van der Waals surface area contributed by atoms with Crippen LogP contribution < -0.4 is 10.0 Å². The molecule has 1 atom stereocenters. The fraction of sp³-hybridized carbons (Fsp3) is 0.412. The van der Waals surface area contributed by atoms with Crippen molar-refractivity contribution in [1.29, 1.82) is 0 Å². The molecule has 0 unspecified atom stereocenters. The predicted molar refractivity (Wildman–Crippen MR) is 169 cm³/mol. The van der Waals surface area contributed by atoms with Crippen LogP contribution in [0.25, 0.3) is 0 Å². The van der Waals surface area contributed by atoms with Gasteiger partial charge in [0.2, 0.25) is 21.8 Å². The molecule has 0 spiro atoms. The van der Waals surface area contributed by atoms with Gasteiger partial charge in [-0.05, 0) is 60.2 Å². The SMILES string of the molecule is O=C(NCCN1CCOCC1)[C@@H](Cc1ccccc1)N(Cc1ccc(F)cc1)C(=O)CCc1ccc(S(=O)(=O)NC2CC2)cc1. The molecule has 2 amide bonds.